The maximum Gasteiger partial charge on any atom is 0.309 e. The Morgan fingerprint density at radius 1 is 0.944 bits per heavy atom. The molecule has 0 aliphatic heterocycles. The van der Waals surface area contributed by atoms with Gasteiger partial charge in [0.2, 0.25) is 0 Å². The van der Waals surface area contributed by atoms with Gasteiger partial charge >= 0.3 is 5.97 Å². The molecule has 0 rings (SSSR count). The molecule has 1 N–H and O–H groups in total. The van der Waals surface area contributed by atoms with Gasteiger partial charge in [-0.3, -0.25) is 4.79 Å². The molecule has 0 saturated carbocycles. The minimum absolute atomic E-state index is 0.0902. The molecule has 0 aromatic carbocycles. The van der Waals surface area contributed by atoms with Gasteiger partial charge < -0.3 is 5.11 Å². The van der Waals surface area contributed by atoms with Crippen LogP contribution in [0.25, 0.3) is 0 Å². The third-order valence-electron chi connectivity index (χ3n) is 4.60. The first-order chi connectivity index (χ1) is 8.02. The summed E-state index contributed by atoms with van der Waals surface area (Å²) in [5, 5.41) is 9.73. The lowest BCUT2D eigenvalue weighted by molar-refractivity contribution is -0.159. The molecule has 2 nitrogen and oxygen atoms in total. The van der Waals surface area contributed by atoms with E-state index in [9.17, 15) is 9.90 Å². The van der Waals surface area contributed by atoms with E-state index in [-0.39, 0.29) is 10.8 Å². The van der Waals surface area contributed by atoms with Crippen molar-refractivity contribution >= 4 is 5.97 Å². The number of carbonyl (C=O) groups is 1. The molecule has 0 bridgehead atoms. The topological polar surface area (TPSA) is 37.3 Å². The highest BCUT2D eigenvalue weighted by atomic mass is 16.4. The van der Waals surface area contributed by atoms with Gasteiger partial charge in [0.25, 0.3) is 0 Å². The molecule has 0 heterocycles. The van der Waals surface area contributed by atoms with Gasteiger partial charge in [-0.1, -0.05) is 54.4 Å². The van der Waals surface area contributed by atoms with Gasteiger partial charge in [0.05, 0.1) is 5.41 Å². The Balaban J connectivity index is 5.23. The van der Waals surface area contributed by atoms with E-state index in [2.05, 4.69) is 41.5 Å². The van der Waals surface area contributed by atoms with Crippen molar-refractivity contribution < 1.29 is 9.90 Å². The van der Waals surface area contributed by atoms with E-state index in [0.717, 1.165) is 32.1 Å². The van der Waals surface area contributed by atoms with Crippen LogP contribution in [0.15, 0.2) is 0 Å². The minimum Gasteiger partial charge on any atom is -0.481 e. The van der Waals surface area contributed by atoms with Crippen molar-refractivity contribution in [2.45, 2.75) is 80.6 Å². The van der Waals surface area contributed by atoms with Crippen molar-refractivity contribution in [2.75, 3.05) is 0 Å². The van der Waals surface area contributed by atoms with Crippen LogP contribution in [0, 0.1) is 16.2 Å². The van der Waals surface area contributed by atoms with Crippen LogP contribution in [0.3, 0.4) is 0 Å². The molecule has 1 atom stereocenters. The third kappa shape index (κ3) is 4.00. The maximum absolute atomic E-state index is 11.8. The monoisotopic (exact) mass is 256 g/mol. The summed E-state index contributed by atoms with van der Waals surface area (Å²) in [6.45, 7) is 14.8. The summed E-state index contributed by atoms with van der Waals surface area (Å²) >= 11 is 0. The van der Waals surface area contributed by atoms with Gasteiger partial charge in [-0.15, -0.1) is 0 Å². The van der Waals surface area contributed by atoms with Crippen LogP contribution >= 0.6 is 0 Å². The fourth-order valence-corrected chi connectivity index (χ4v) is 3.23. The zero-order valence-corrected chi connectivity index (χ0v) is 13.4. The van der Waals surface area contributed by atoms with E-state index in [4.69, 9.17) is 0 Å². The molecule has 0 radical (unpaired) electrons. The molecular weight excluding hydrogens is 224 g/mol. The van der Waals surface area contributed by atoms with Gasteiger partial charge in [-0.2, -0.15) is 0 Å². The van der Waals surface area contributed by atoms with Gasteiger partial charge in [0, 0.05) is 0 Å². The average molecular weight is 256 g/mol. The molecule has 0 aliphatic rings. The Hall–Kier alpha value is -0.530. The van der Waals surface area contributed by atoms with Crippen LogP contribution in [0.1, 0.15) is 80.6 Å². The second kappa shape index (κ2) is 6.08. The number of carboxylic acid groups (broad SMARTS) is 1. The fraction of sp³-hybridized carbons (Fsp3) is 0.938. The van der Waals surface area contributed by atoms with Crippen molar-refractivity contribution in [2.24, 2.45) is 16.2 Å². The normalized spacial score (nSPS) is 16.4. The van der Waals surface area contributed by atoms with Gasteiger partial charge in [0.1, 0.15) is 0 Å². The Morgan fingerprint density at radius 3 is 1.72 bits per heavy atom. The van der Waals surface area contributed by atoms with Crippen LogP contribution in [0.5, 0.6) is 0 Å². The Labute approximate surface area is 113 Å². The molecular formula is C16H32O2. The van der Waals surface area contributed by atoms with Crippen molar-refractivity contribution in [3.63, 3.8) is 0 Å². The van der Waals surface area contributed by atoms with E-state index in [0.29, 0.717) is 0 Å². The summed E-state index contributed by atoms with van der Waals surface area (Å²) in [5.41, 5.74) is -0.729. The Morgan fingerprint density at radius 2 is 1.39 bits per heavy atom. The molecule has 108 valence electrons. The zero-order valence-electron chi connectivity index (χ0n) is 13.4. The fourth-order valence-electron chi connectivity index (χ4n) is 3.23. The molecule has 18 heavy (non-hydrogen) atoms. The van der Waals surface area contributed by atoms with Gasteiger partial charge in [-0.25, -0.2) is 0 Å². The lowest BCUT2D eigenvalue weighted by Crippen LogP contribution is -2.45. The molecule has 0 fully saturated rings. The first kappa shape index (κ1) is 17.5. The molecule has 0 spiro atoms. The average Bonchev–Trinajstić information content (AvgIpc) is 2.15. The van der Waals surface area contributed by atoms with E-state index in [1.807, 2.05) is 6.92 Å². The zero-order chi connectivity index (χ0) is 14.6. The molecule has 1 unspecified atom stereocenters. The lowest BCUT2D eigenvalue weighted by Gasteiger charge is -2.45. The lowest BCUT2D eigenvalue weighted by atomic mass is 9.58. The summed E-state index contributed by atoms with van der Waals surface area (Å²) in [6, 6.07) is 0. The van der Waals surface area contributed by atoms with Crippen molar-refractivity contribution in [3.05, 3.63) is 0 Å². The standard InChI is InChI=1S/C16H32O2/c1-8-10-14(3,4)12-16(7,13(17)18)15(5,6)11-9-2/h8-12H2,1-7H3,(H,17,18). The smallest absolute Gasteiger partial charge is 0.309 e. The maximum atomic E-state index is 11.8. The summed E-state index contributed by atoms with van der Waals surface area (Å²) < 4.78 is 0. The van der Waals surface area contributed by atoms with E-state index in [1.54, 1.807) is 0 Å². The summed E-state index contributed by atoms with van der Waals surface area (Å²) in [6.07, 6.45) is 4.92. The highest BCUT2D eigenvalue weighted by Gasteiger charge is 2.49. The SMILES string of the molecule is CCCC(C)(C)CC(C)(C(=O)O)C(C)(C)CCC. The summed E-state index contributed by atoms with van der Waals surface area (Å²) in [5.74, 6) is -0.648. The number of hydrogen-bond donors (Lipinski definition) is 1. The molecule has 2 heteroatoms. The van der Waals surface area contributed by atoms with Crippen LogP contribution in [0.4, 0.5) is 0 Å². The van der Waals surface area contributed by atoms with Crippen molar-refractivity contribution in [1.29, 1.82) is 0 Å². The molecule has 0 saturated heterocycles. The quantitative estimate of drug-likeness (QED) is 0.654. The Bertz CT molecular complexity index is 279. The number of carboxylic acids is 1. The summed E-state index contributed by atoms with van der Waals surface area (Å²) in [4.78, 5) is 11.8. The highest BCUT2D eigenvalue weighted by Crippen LogP contribution is 2.50. The second-order valence-corrected chi connectivity index (χ2v) is 7.36. The van der Waals surface area contributed by atoms with E-state index >= 15 is 0 Å². The van der Waals surface area contributed by atoms with Crippen LogP contribution < -0.4 is 0 Å². The molecule has 0 aromatic heterocycles. The minimum atomic E-state index is -0.651. The van der Waals surface area contributed by atoms with Crippen LogP contribution in [0.2, 0.25) is 0 Å². The number of hydrogen-bond acceptors (Lipinski definition) is 1. The van der Waals surface area contributed by atoms with Crippen LogP contribution in [-0.2, 0) is 4.79 Å². The first-order valence-electron chi connectivity index (χ1n) is 7.26. The van der Waals surface area contributed by atoms with Crippen molar-refractivity contribution in [3.8, 4) is 0 Å². The molecule has 0 aromatic rings. The Kier molecular flexibility index (Phi) is 5.90. The third-order valence-corrected chi connectivity index (χ3v) is 4.60. The van der Waals surface area contributed by atoms with Gasteiger partial charge in [-0.05, 0) is 37.0 Å². The van der Waals surface area contributed by atoms with E-state index in [1.165, 1.54) is 0 Å². The largest absolute Gasteiger partial charge is 0.481 e. The molecule has 0 amide bonds. The predicted molar refractivity (Wildman–Crippen MR) is 77.7 cm³/mol. The first-order valence-corrected chi connectivity index (χ1v) is 7.26. The highest BCUT2D eigenvalue weighted by molar-refractivity contribution is 5.75. The number of rotatable bonds is 8. The second-order valence-electron chi connectivity index (χ2n) is 7.36. The van der Waals surface area contributed by atoms with Crippen LogP contribution in [-0.4, -0.2) is 11.1 Å². The van der Waals surface area contributed by atoms with Crippen molar-refractivity contribution in [1.82, 2.24) is 0 Å². The molecule has 0 aliphatic carbocycles. The number of aliphatic carboxylic acids is 1. The predicted octanol–water partition coefficient (Wildman–Crippen LogP) is 5.12. The van der Waals surface area contributed by atoms with Gasteiger partial charge in [0.15, 0.2) is 0 Å². The van der Waals surface area contributed by atoms with E-state index < -0.39 is 11.4 Å². The summed E-state index contributed by atoms with van der Waals surface area (Å²) in [7, 11) is 0.